The first kappa shape index (κ1) is 13.8. The lowest BCUT2D eigenvalue weighted by atomic mass is 10.2. The van der Waals surface area contributed by atoms with Crippen LogP contribution in [0.4, 0.5) is 0 Å². The Morgan fingerprint density at radius 1 is 0.950 bits per heavy atom. The zero-order chi connectivity index (χ0) is 14.7. The zero-order valence-electron chi connectivity index (χ0n) is 10.2. The standard InChI is InChI=1S/C13H10ClN3O3/c14-7-1-3-8(4-2-7)20-9-5-10(12(15)18)17-11(6-9)13(16)19/h1-6H,(H2,15,18)(H2,16,19). The number of amides is 2. The summed E-state index contributed by atoms with van der Waals surface area (Å²) < 4.78 is 5.50. The normalized spacial score (nSPS) is 10.1. The number of aromatic nitrogens is 1. The maximum absolute atomic E-state index is 11.2. The van der Waals surface area contributed by atoms with Crippen molar-refractivity contribution in [2.75, 3.05) is 0 Å². The number of nitrogens with two attached hydrogens (primary N) is 2. The van der Waals surface area contributed by atoms with Crippen molar-refractivity contribution < 1.29 is 14.3 Å². The number of nitrogens with zero attached hydrogens (tertiary/aromatic N) is 1. The van der Waals surface area contributed by atoms with Crippen molar-refractivity contribution in [2.45, 2.75) is 0 Å². The zero-order valence-corrected chi connectivity index (χ0v) is 10.9. The Labute approximate surface area is 119 Å². The van der Waals surface area contributed by atoms with Crippen molar-refractivity contribution in [3.8, 4) is 11.5 Å². The lowest BCUT2D eigenvalue weighted by Crippen LogP contribution is -2.18. The van der Waals surface area contributed by atoms with Crippen molar-refractivity contribution in [3.63, 3.8) is 0 Å². The highest BCUT2D eigenvalue weighted by Gasteiger charge is 2.12. The van der Waals surface area contributed by atoms with Crippen molar-refractivity contribution in [1.29, 1.82) is 0 Å². The van der Waals surface area contributed by atoms with Crippen LogP contribution in [0.1, 0.15) is 21.0 Å². The van der Waals surface area contributed by atoms with E-state index in [1.54, 1.807) is 24.3 Å². The molecule has 0 aliphatic carbocycles. The lowest BCUT2D eigenvalue weighted by Gasteiger charge is -2.08. The molecule has 2 rings (SSSR count). The fraction of sp³-hybridized carbons (Fsp3) is 0. The van der Waals surface area contributed by atoms with Crippen molar-refractivity contribution in [2.24, 2.45) is 11.5 Å². The minimum absolute atomic E-state index is 0.106. The van der Waals surface area contributed by atoms with E-state index in [0.717, 1.165) is 0 Å². The molecular weight excluding hydrogens is 282 g/mol. The van der Waals surface area contributed by atoms with Crippen molar-refractivity contribution in [1.82, 2.24) is 4.98 Å². The number of carbonyl (C=O) groups excluding carboxylic acids is 2. The highest BCUT2D eigenvalue weighted by Crippen LogP contribution is 2.24. The van der Waals surface area contributed by atoms with Gasteiger partial charge >= 0.3 is 0 Å². The van der Waals surface area contributed by atoms with E-state index in [2.05, 4.69) is 4.98 Å². The molecule has 0 spiro atoms. The van der Waals surface area contributed by atoms with E-state index in [1.807, 2.05) is 0 Å². The number of benzene rings is 1. The van der Waals surface area contributed by atoms with E-state index in [-0.39, 0.29) is 17.1 Å². The summed E-state index contributed by atoms with van der Waals surface area (Å²) in [6, 6.07) is 9.20. The largest absolute Gasteiger partial charge is 0.457 e. The summed E-state index contributed by atoms with van der Waals surface area (Å²) in [6.45, 7) is 0. The molecule has 2 aromatic rings. The monoisotopic (exact) mass is 291 g/mol. The average molecular weight is 292 g/mol. The van der Waals surface area contributed by atoms with Crippen LogP contribution in [-0.4, -0.2) is 16.8 Å². The Bertz CT molecular complexity index is 639. The number of hydrogen-bond donors (Lipinski definition) is 2. The number of primary amides is 2. The fourth-order valence-electron chi connectivity index (χ4n) is 1.46. The summed E-state index contributed by atoms with van der Waals surface area (Å²) in [4.78, 5) is 26.1. The van der Waals surface area contributed by atoms with Crippen LogP contribution in [0.3, 0.4) is 0 Å². The molecule has 0 bridgehead atoms. The molecule has 4 N–H and O–H groups in total. The minimum Gasteiger partial charge on any atom is -0.457 e. The SMILES string of the molecule is NC(=O)c1cc(Oc2ccc(Cl)cc2)cc(C(N)=O)n1. The molecule has 0 aliphatic heterocycles. The molecule has 0 radical (unpaired) electrons. The Balaban J connectivity index is 2.37. The van der Waals surface area contributed by atoms with Crippen molar-refractivity contribution >= 4 is 23.4 Å². The highest BCUT2D eigenvalue weighted by atomic mass is 35.5. The molecule has 0 saturated heterocycles. The van der Waals surface area contributed by atoms with Gasteiger partial charge in [-0.2, -0.15) is 0 Å². The molecule has 7 heteroatoms. The molecule has 1 aromatic carbocycles. The molecule has 6 nitrogen and oxygen atoms in total. The van der Waals surface area contributed by atoms with Crippen LogP contribution >= 0.6 is 11.6 Å². The molecule has 0 unspecified atom stereocenters. The van der Waals surface area contributed by atoms with E-state index in [1.165, 1.54) is 12.1 Å². The fourth-order valence-corrected chi connectivity index (χ4v) is 1.58. The second-order valence-electron chi connectivity index (χ2n) is 3.86. The van der Waals surface area contributed by atoms with Crippen molar-refractivity contribution in [3.05, 3.63) is 52.8 Å². The molecule has 0 aliphatic rings. The van der Waals surface area contributed by atoms with Crippen LogP contribution in [-0.2, 0) is 0 Å². The predicted molar refractivity (Wildman–Crippen MR) is 72.8 cm³/mol. The Morgan fingerprint density at radius 2 is 1.45 bits per heavy atom. The van der Waals surface area contributed by atoms with Crippen LogP contribution in [0.5, 0.6) is 11.5 Å². The summed E-state index contributed by atoms with van der Waals surface area (Å²) >= 11 is 5.76. The molecule has 0 atom stereocenters. The third-order valence-electron chi connectivity index (χ3n) is 2.35. The molecule has 0 saturated carbocycles. The van der Waals surface area contributed by atoms with Gasteiger partial charge in [0.05, 0.1) is 0 Å². The van der Waals surface area contributed by atoms with Gasteiger partial charge in [-0.1, -0.05) is 11.6 Å². The smallest absolute Gasteiger partial charge is 0.267 e. The second-order valence-corrected chi connectivity index (χ2v) is 4.29. The summed E-state index contributed by atoms with van der Waals surface area (Å²) in [5.41, 5.74) is 10.1. The number of carbonyl (C=O) groups is 2. The first-order chi connectivity index (χ1) is 9.45. The van der Waals surface area contributed by atoms with Gasteiger partial charge in [0.2, 0.25) is 0 Å². The molecule has 2 amide bonds. The maximum atomic E-state index is 11.2. The quantitative estimate of drug-likeness (QED) is 0.894. The van der Waals surface area contributed by atoms with Crippen LogP contribution < -0.4 is 16.2 Å². The number of halogens is 1. The number of rotatable bonds is 4. The van der Waals surface area contributed by atoms with E-state index in [0.29, 0.717) is 10.8 Å². The van der Waals surface area contributed by atoms with Gasteiger partial charge in [0.25, 0.3) is 11.8 Å². The Kier molecular flexibility index (Phi) is 3.86. The molecule has 1 heterocycles. The Morgan fingerprint density at radius 3 is 1.90 bits per heavy atom. The van der Waals surface area contributed by atoms with Gasteiger partial charge in [-0.05, 0) is 24.3 Å². The summed E-state index contributed by atoms with van der Waals surface area (Å²) in [5, 5.41) is 0.558. The van der Waals surface area contributed by atoms with Crippen LogP contribution in [0, 0.1) is 0 Å². The van der Waals surface area contributed by atoms with Crippen LogP contribution in [0.25, 0.3) is 0 Å². The van der Waals surface area contributed by atoms with Crippen LogP contribution in [0.2, 0.25) is 5.02 Å². The van der Waals surface area contributed by atoms with Gasteiger partial charge in [0.15, 0.2) is 0 Å². The van der Waals surface area contributed by atoms with Gasteiger partial charge in [-0.3, -0.25) is 9.59 Å². The summed E-state index contributed by atoms with van der Waals surface area (Å²) in [7, 11) is 0. The molecule has 20 heavy (non-hydrogen) atoms. The lowest BCUT2D eigenvalue weighted by molar-refractivity contribution is 0.0991. The van der Waals surface area contributed by atoms with E-state index >= 15 is 0 Å². The van der Waals surface area contributed by atoms with Gasteiger partial charge in [-0.25, -0.2) is 4.98 Å². The first-order valence-corrected chi connectivity index (χ1v) is 5.88. The Hall–Kier alpha value is -2.60. The number of ether oxygens (including phenoxy) is 1. The molecule has 102 valence electrons. The second kappa shape index (κ2) is 5.58. The van der Waals surface area contributed by atoms with E-state index < -0.39 is 11.8 Å². The van der Waals surface area contributed by atoms with E-state index in [4.69, 9.17) is 27.8 Å². The first-order valence-electron chi connectivity index (χ1n) is 5.51. The third kappa shape index (κ3) is 3.24. The number of pyridine rings is 1. The summed E-state index contributed by atoms with van der Waals surface area (Å²) in [6.07, 6.45) is 0. The minimum atomic E-state index is -0.783. The highest BCUT2D eigenvalue weighted by molar-refractivity contribution is 6.30. The predicted octanol–water partition coefficient (Wildman–Crippen LogP) is 1.73. The molecular formula is C13H10ClN3O3. The number of hydrogen-bond acceptors (Lipinski definition) is 4. The summed E-state index contributed by atoms with van der Waals surface area (Å²) in [5.74, 6) is -0.862. The molecule has 0 fully saturated rings. The van der Waals surface area contributed by atoms with E-state index in [9.17, 15) is 9.59 Å². The third-order valence-corrected chi connectivity index (χ3v) is 2.61. The topological polar surface area (TPSA) is 108 Å². The van der Waals surface area contributed by atoms with Crippen LogP contribution in [0.15, 0.2) is 36.4 Å². The maximum Gasteiger partial charge on any atom is 0.267 e. The average Bonchev–Trinajstić information content (AvgIpc) is 2.41. The molecule has 1 aromatic heterocycles. The van der Waals surface area contributed by atoms with Gasteiger partial charge in [-0.15, -0.1) is 0 Å². The van der Waals surface area contributed by atoms with Gasteiger partial charge < -0.3 is 16.2 Å². The van der Waals surface area contributed by atoms with Gasteiger partial charge in [0, 0.05) is 17.2 Å². The van der Waals surface area contributed by atoms with Gasteiger partial charge in [0.1, 0.15) is 22.9 Å².